The summed E-state index contributed by atoms with van der Waals surface area (Å²) in [7, 11) is 1.61. The van der Waals surface area contributed by atoms with Gasteiger partial charge >= 0.3 is 6.18 Å². The first-order chi connectivity index (χ1) is 18.3. The highest BCUT2D eigenvalue weighted by molar-refractivity contribution is 6.33. The zero-order valence-corrected chi connectivity index (χ0v) is 21.6. The van der Waals surface area contributed by atoms with Crippen molar-refractivity contribution in [2.45, 2.75) is 44.8 Å². The molecule has 0 amide bonds. The number of pyridine rings is 1. The number of rotatable bonds is 8. The first-order valence-electron chi connectivity index (χ1n) is 12.4. The Bertz CT molecular complexity index is 1260. The number of alkyl halides is 3. The molecule has 4 heterocycles. The van der Waals surface area contributed by atoms with Gasteiger partial charge < -0.3 is 23.4 Å². The van der Waals surface area contributed by atoms with Crippen LogP contribution < -0.4 is 9.47 Å². The molecule has 11 heteroatoms. The van der Waals surface area contributed by atoms with Crippen LogP contribution >= 0.6 is 11.6 Å². The Labute approximate surface area is 223 Å². The standard InChI is InChI=1S/C27H28ClF3N2O5/c1-34-15-22-5-4-20(38-22)14-33-6-8-36-26-18(13-33)9-17(10-24(26)37-16-21-3-2-7-35-21)25-23(28)11-19(12-32-25)27(29,30)31/h4-5,9-12,21H,2-3,6-8,13-16H2,1H3. The Hall–Kier alpha value is -2.79. The van der Waals surface area contributed by atoms with E-state index in [0.29, 0.717) is 63.1 Å². The molecule has 7 nitrogen and oxygen atoms in total. The topological polar surface area (TPSA) is 66.2 Å². The van der Waals surface area contributed by atoms with Crippen LogP contribution in [-0.4, -0.2) is 49.5 Å². The zero-order valence-electron chi connectivity index (χ0n) is 20.9. The number of ether oxygens (including phenoxy) is 4. The predicted octanol–water partition coefficient (Wildman–Crippen LogP) is 6.11. The molecule has 1 atom stereocenters. The lowest BCUT2D eigenvalue weighted by molar-refractivity contribution is -0.137. The number of aromatic nitrogens is 1. The lowest BCUT2D eigenvalue weighted by atomic mass is 10.0. The van der Waals surface area contributed by atoms with E-state index in [-0.39, 0.29) is 16.8 Å². The van der Waals surface area contributed by atoms with Crippen LogP contribution in [0.25, 0.3) is 11.3 Å². The fraction of sp³-hybridized carbons (Fsp3) is 0.444. The minimum atomic E-state index is -4.54. The molecule has 1 unspecified atom stereocenters. The van der Waals surface area contributed by atoms with Crippen LogP contribution in [-0.2, 0) is 35.3 Å². The van der Waals surface area contributed by atoms with Crippen LogP contribution in [0, 0.1) is 0 Å². The van der Waals surface area contributed by atoms with Gasteiger partial charge in [-0.1, -0.05) is 11.6 Å². The molecule has 0 N–H and O–H groups in total. The number of benzene rings is 1. The highest BCUT2D eigenvalue weighted by Gasteiger charge is 2.32. The van der Waals surface area contributed by atoms with E-state index in [9.17, 15) is 13.2 Å². The van der Waals surface area contributed by atoms with E-state index in [1.807, 2.05) is 18.2 Å². The van der Waals surface area contributed by atoms with Gasteiger partial charge in [0.2, 0.25) is 0 Å². The van der Waals surface area contributed by atoms with Gasteiger partial charge in [0.15, 0.2) is 11.5 Å². The Balaban J connectivity index is 1.46. The van der Waals surface area contributed by atoms with E-state index in [2.05, 4.69) is 9.88 Å². The average Bonchev–Trinajstić information content (AvgIpc) is 3.51. The molecule has 0 saturated carbocycles. The van der Waals surface area contributed by atoms with Crippen LogP contribution in [0.2, 0.25) is 5.02 Å². The third-order valence-electron chi connectivity index (χ3n) is 6.45. The third-order valence-corrected chi connectivity index (χ3v) is 6.74. The van der Waals surface area contributed by atoms with Crippen LogP contribution in [0.15, 0.2) is 40.9 Å². The second-order valence-corrected chi connectivity index (χ2v) is 9.73. The summed E-state index contributed by atoms with van der Waals surface area (Å²) >= 11 is 6.29. The molecule has 1 saturated heterocycles. The molecule has 0 aliphatic carbocycles. The van der Waals surface area contributed by atoms with Gasteiger partial charge in [-0.15, -0.1) is 0 Å². The maximum absolute atomic E-state index is 13.2. The second kappa shape index (κ2) is 11.5. The maximum Gasteiger partial charge on any atom is 0.417 e. The largest absolute Gasteiger partial charge is 0.488 e. The van der Waals surface area contributed by atoms with Gasteiger partial charge in [-0.2, -0.15) is 13.2 Å². The molecule has 5 rings (SSSR count). The molecule has 2 aliphatic heterocycles. The summed E-state index contributed by atoms with van der Waals surface area (Å²) in [5.74, 6) is 2.60. The number of nitrogens with zero attached hydrogens (tertiary/aromatic N) is 2. The van der Waals surface area contributed by atoms with Crippen molar-refractivity contribution in [2.24, 2.45) is 0 Å². The zero-order chi connectivity index (χ0) is 26.7. The number of methoxy groups -OCH3 is 1. The molecule has 204 valence electrons. The van der Waals surface area contributed by atoms with Gasteiger partial charge in [0.1, 0.15) is 31.3 Å². The molecule has 0 radical (unpaired) electrons. The van der Waals surface area contributed by atoms with Gasteiger partial charge in [0.25, 0.3) is 0 Å². The smallest absolute Gasteiger partial charge is 0.417 e. The fourth-order valence-electron chi connectivity index (χ4n) is 4.63. The van der Waals surface area contributed by atoms with Crippen molar-refractivity contribution >= 4 is 11.6 Å². The number of fused-ring (bicyclic) bond motifs is 1. The highest BCUT2D eigenvalue weighted by Crippen LogP contribution is 2.41. The van der Waals surface area contributed by atoms with Crippen molar-refractivity contribution in [3.05, 3.63) is 64.2 Å². The van der Waals surface area contributed by atoms with Crippen LogP contribution in [0.3, 0.4) is 0 Å². The Morgan fingerprint density at radius 1 is 1.16 bits per heavy atom. The van der Waals surface area contributed by atoms with Crippen LogP contribution in [0.4, 0.5) is 13.2 Å². The molecular formula is C27H28ClF3N2O5. The summed E-state index contributed by atoms with van der Waals surface area (Å²) in [6.45, 7) is 3.53. The van der Waals surface area contributed by atoms with E-state index in [1.165, 1.54) is 0 Å². The van der Waals surface area contributed by atoms with Crippen LogP contribution in [0.5, 0.6) is 11.5 Å². The van der Waals surface area contributed by atoms with Crippen molar-refractivity contribution in [2.75, 3.05) is 33.5 Å². The average molecular weight is 553 g/mol. The van der Waals surface area contributed by atoms with E-state index >= 15 is 0 Å². The second-order valence-electron chi connectivity index (χ2n) is 9.32. The maximum atomic E-state index is 13.2. The van der Waals surface area contributed by atoms with Crippen molar-refractivity contribution < 1.29 is 36.5 Å². The minimum absolute atomic E-state index is 0.0235. The quantitative estimate of drug-likeness (QED) is 0.334. The SMILES string of the molecule is COCc1ccc(CN2CCOc3c(cc(-c4ncc(C(F)(F)F)cc4Cl)cc3OCC3CCCO3)C2)o1. The van der Waals surface area contributed by atoms with Gasteiger partial charge in [-0.3, -0.25) is 9.88 Å². The molecule has 3 aromatic rings. The predicted molar refractivity (Wildman–Crippen MR) is 133 cm³/mol. The Kier molecular flexibility index (Phi) is 8.13. The van der Waals surface area contributed by atoms with E-state index in [0.717, 1.165) is 42.2 Å². The summed E-state index contributed by atoms with van der Waals surface area (Å²) in [4.78, 5) is 6.22. The molecule has 2 aliphatic rings. The number of furan rings is 1. The molecule has 2 aromatic heterocycles. The molecule has 38 heavy (non-hydrogen) atoms. The highest BCUT2D eigenvalue weighted by atomic mass is 35.5. The first kappa shape index (κ1) is 26.8. The minimum Gasteiger partial charge on any atom is -0.488 e. The molecule has 1 fully saturated rings. The van der Waals surface area contributed by atoms with Gasteiger partial charge in [0.05, 0.1) is 28.9 Å². The summed E-state index contributed by atoms with van der Waals surface area (Å²) in [6.07, 6.45) is -1.90. The lowest BCUT2D eigenvalue weighted by Crippen LogP contribution is -2.25. The van der Waals surface area contributed by atoms with E-state index in [1.54, 1.807) is 13.2 Å². The monoisotopic (exact) mass is 552 g/mol. The number of halogens is 4. The Morgan fingerprint density at radius 2 is 2.00 bits per heavy atom. The van der Waals surface area contributed by atoms with Gasteiger partial charge in [0, 0.05) is 44.1 Å². The molecule has 1 aromatic carbocycles. The van der Waals surface area contributed by atoms with Crippen LogP contribution in [0.1, 0.15) is 35.5 Å². The summed E-state index contributed by atoms with van der Waals surface area (Å²) in [5.41, 5.74) is 0.673. The first-order valence-corrected chi connectivity index (χ1v) is 12.7. The summed E-state index contributed by atoms with van der Waals surface area (Å²) in [5, 5.41) is -0.0995. The van der Waals surface area contributed by atoms with Gasteiger partial charge in [-0.25, -0.2) is 0 Å². The van der Waals surface area contributed by atoms with E-state index < -0.39 is 11.7 Å². The number of hydrogen-bond donors (Lipinski definition) is 0. The number of hydrogen-bond acceptors (Lipinski definition) is 7. The van der Waals surface area contributed by atoms with E-state index in [4.69, 9.17) is 35.0 Å². The molecule has 0 bridgehead atoms. The lowest BCUT2D eigenvalue weighted by Gasteiger charge is -2.20. The third kappa shape index (κ3) is 6.26. The molecular weight excluding hydrogens is 525 g/mol. The van der Waals surface area contributed by atoms with Crippen molar-refractivity contribution in [1.29, 1.82) is 0 Å². The van der Waals surface area contributed by atoms with Crippen molar-refractivity contribution in [3.8, 4) is 22.8 Å². The normalized spacial score (nSPS) is 18.2. The van der Waals surface area contributed by atoms with Crippen molar-refractivity contribution in [3.63, 3.8) is 0 Å². The summed E-state index contributed by atoms with van der Waals surface area (Å²) in [6, 6.07) is 8.24. The van der Waals surface area contributed by atoms with Crippen molar-refractivity contribution in [1.82, 2.24) is 9.88 Å². The van der Waals surface area contributed by atoms with Gasteiger partial charge in [-0.05, 0) is 43.2 Å². The fourth-order valence-corrected chi connectivity index (χ4v) is 4.90. The molecule has 0 spiro atoms. The summed E-state index contributed by atoms with van der Waals surface area (Å²) < 4.78 is 68.5. The Morgan fingerprint density at radius 3 is 2.74 bits per heavy atom.